The van der Waals surface area contributed by atoms with E-state index in [2.05, 4.69) is 11.2 Å². The molecular weight excluding hydrogens is 210 g/mol. The van der Waals surface area contributed by atoms with Crippen molar-refractivity contribution in [2.24, 2.45) is 0 Å². The summed E-state index contributed by atoms with van der Waals surface area (Å²) in [6.07, 6.45) is -0.0220. The molecule has 0 saturated carbocycles. The van der Waals surface area contributed by atoms with Gasteiger partial charge in [-0.3, -0.25) is 0 Å². The molecule has 0 unspecified atom stereocenters. The monoisotopic (exact) mass is 219 g/mol. The minimum absolute atomic E-state index is 0.0220. The van der Waals surface area contributed by atoms with Gasteiger partial charge in [-0.05, 0) is 12.1 Å². The van der Waals surface area contributed by atoms with Crippen LogP contribution in [-0.2, 0) is 9.84 Å². The van der Waals surface area contributed by atoms with Gasteiger partial charge in [-0.15, -0.1) is 0 Å². The van der Waals surface area contributed by atoms with E-state index >= 15 is 0 Å². The van der Waals surface area contributed by atoms with Gasteiger partial charge in [-0.25, -0.2) is 8.42 Å². The molecule has 0 spiro atoms. The average Bonchev–Trinajstić information content (AvgIpc) is 2.25. The Bertz CT molecular complexity index is 515. The molecule has 4 heteroatoms. The molecule has 1 aromatic rings. The van der Waals surface area contributed by atoms with Crippen LogP contribution >= 0.6 is 0 Å². The molecule has 0 aliphatic carbocycles. The Morgan fingerprint density at radius 1 is 1.20 bits per heavy atom. The first-order chi connectivity index (χ1) is 7.14. The smallest absolute Gasteiger partial charge is 0.215 e. The van der Waals surface area contributed by atoms with Crippen molar-refractivity contribution in [2.75, 3.05) is 5.75 Å². The second-order valence-electron chi connectivity index (χ2n) is 2.82. The van der Waals surface area contributed by atoms with Gasteiger partial charge < -0.3 is 0 Å². The Labute approximate surface area is 89.3 Å². The number of rotatable bonds is 2. The quantitative estimate of drug-likeness (QED) is 0.705. The van der Waals surface area contributed by atoms with Crippen LogP contribution in [0.2, 0.25) is 0 Å². The van der Waals surface area contributed by atoms with Crippen molar-refractivity contribution in [3.63, 3.8) is 0 Å². The predicted molar refractivity (Wildman–Crippen MR) is 57.3 cm³/mol. The lowest BCUT2D eigenvalue weighted by atomic mass is 10.2. The van der Waals surface area contributed by atoms with Crippen LogP contribution in [0.3, 0.4) is 0 Å². The minimum atomic E-state index is -3.43. The second-order valence-corrected chi connectivity index (χ2v) is 4.66. The van der Waals surface area contributed by atoms with Crippen LogP contribution < -0.4 is 0 Å². The van der Waals surface area contributed by atoms with Crippen LogP contribution in [0, 0.1) is 22.5 Å². The lowest BCUT2D eigenvalue weighted by molar-refractivity contribution is 0.606. The van der Waals surface area contributed by atoms with Gasteiger partial charge in [0.15, 0.2) is 0 Å². The summed E-state index contributed by atoms with van der Waals surface area (Å²) >= 11 is 0. The number of hydrogen-bond donors (Lipinski definition) is 0. The fraction of sp³-hybridized carbons (Fsp3) is 0.182. The molecule has 0 aromatic heterocycles. The van der Waals surface area contributed by atoms with Crippen LogP contribution in [-0.4, -0.2) is 14.2 Å². The summed E-state index contributed by atoms with van der Waals surface area (Å²) < 4.78 is 22.5. The van der Waals surface area contributed by atoms with E-state index in [9.17, 15) is 8.42 Å². The lowest BCUT2D eigenvalue weighted by Gasteiger charge is -1.89. The van der Waals surface area contributed by atoms with Crippen molar-refractivity contribution in [1.82, 2.24) is 0 Å². The van der Waals surface area contributed by atoms with Crippen LogP contribution in [0.25, 0.3) is 0 Å². The fourth-order valence-corrected chi connectivity index (χ4v) is 1.62. The SMILES string of the molecule is N#CCCS(=O)(=O)C#Cc1ccccc1. The summed E-state index contributed by atoms with van der Waals surface area (Å²) in [6.45, 7) is 0. The third-order valence-electron chi connectivity index (χ3n) is 1.61. The van der Waals surface area contributed by atoms with E-state index in [0.29, 0.717) is 5.56 Å². The Morgan fingerprint density at radius 2 is 1.87 bits per heavy atom. The molecule has 76 valence electrons. The third-order valence-corrected chi connectivity index (χ3v) is 2.76. The molecule has 0 saturated heterocycles. The molecule has 1 aromatic carbocycles. The number of sulfone groups is 1. The second kappa shape index (κ2) is 5.19. The molecule has 3 nitrogen and oxygen atoms in total. The first-order valence-electron chi connectivity index (χ1n) is 4.31. The van der Waals surface area contributed by atoms with Crippen LogP contribution in [0.1, 0.15) is 12.0 Å². The van der Waals surface area contributed by atoms with Gasteiger partial charge in [0.25, 0.3) is 0 Å². The minimum Gasteiger partial charge on any atom is -0.215 e. The maximum Gasteiger partial charge on any atom is 0.218 e. The van der Waals surface area contributed by atoms with Gasteiger partial charge in [-0.2, -0.15) is 5.26 Å². The first kappa shape index (κ1) is 11.3. The Kier molecular flexibility index (Phi) is 3.91. The molecule has 15 heavy (non-hydrogen) atoms. The largest absolute Gasteiger partial charge is 0.218 e. The van der Waals surface area contributed by atoms with Crippen molar-refractivity contribution in [2.45, 2.75) is 6.42 Å². The molecule has 0 radical (unpaired) electrons. The van der Waals surface area contributed by atoms with Crippen LogP contribution in [0.4, 0.5) is 0 Å². The molecule has 0 heterocycles. The van der Waals surface area contributed by atoms with Crippen LogP contribution in [0.5, 0.6) is 0 Å². The maximum absolute atomic E-state index is 11.2. The zero-order valence-corrected chi connectivity index (χ0v) is 8.79. The van der Waals surface area contributed by atoms with Crippen molar-refractivity contribution in [1.29, 1.82) is 5.26 Å². The van der Waals surface area contributed by atoms with Gasteiger partial charge in [0.05, 0.1) is 18.2 Å². The fourth-order valence-electron chi connectivity index (χ4n) is 0.889. The van der Waals surface area contributed by atoms with E-state index < -0.39 is 9.84 Å². The molecule has 0 aliphatic heterocycles. The van der Waals surface area contributed by atoms with E-state index in [-0.39, 0.29) is 12.2 Å². The van der Waals surface area contributed by atoms with Crippen molar-refractivity contribution >= 4 is 9.84 Å². The summed E-state index contributed by atoms with van der Waals surface area (Å²) in [4.78, 5) is 0. The zero-order valence-electron chi connectivity index (χ0n) is 7.97. The topological polar surface area (TPSA) is 57.9 Å². The van der Waals surface area contributed by atoms with Gasteiger partial charge in [0.1, 0.15) is 0 Å². The Morgan fingerprint density at radius 3 is 2.47 bits per heavy atom. The van der Waals surface area contributed by atoms with Crippen molar-refractivity contribution in [3.8, 4) is 17.2 Å². The summed E-state index contributed by atoms with van der Waals surface area (Å²) in [5.41, 5.74) is 0.651. The molecule has 1 rings (SSSR count). The number of nitriles is 1. The Hall–Kier alpha value is -1.78. The summed E-state index contributed by atoms with van der Waals surface area (Å²) in [5, 5.41) is 10.4. The van der Waals surface area contributed by atoms with E-state index in [4.69, 9.17) is 5.26 Å². The Balaban J connectivity index is 2.79. The average molecular weight is 219 g/mol. The molecule has 0 bridgehead atoms. The van der Waals surface area contributed by atoms with Crippen molar-refractivity contribution in [3.05, 3.63) is 35.9 Å². The lowest BCUT2D eigenvalue weighted by Crippen LogP contribution is -2.01. The maximum atomic E-state index is 11.2. The van der Waals surface area contributed by atoms with Crippen molar-refractivity contribution < 1.29 is 8.42 Å². The van der Waals surface area contributed by atoms with Gasteiger partial charge in [0, 0.05) is 10.8 Å². The highest BCUT2D eigenvalue weighted by Gasteiger charge is 2.04. The predicted octanol–water partition coefficient (Wildman–Crippen LogP) is 1.32. The first-order valence-corrected chi connectivity index (χ1v) is 5.97. The number of benzene rings is 1. The highest BCUT2D eigenvalue weighted by atomic mass is 32.2. The molecular formula is C11H9NO2S. The van der Waals surface area contributed by atoms with Gasteiger partial charge >= 0.3 is 0 Å². The van der Waals surface area contributed by atoms with E-state index in [0.717, 1.165) is 0 Å². The van der Waals surface area contributed by atoms with E-state index in [1.54, 1.807) is 30.3 Å². The highest BCUT2D eigenvalue weighted by Crippen LogP contribution is 1.97. The normalized spacial score (nSPS) is 9.80. The van der Waals surface area contributed by atoms with Gasteiger partial charge in [0.2, 0.25) is 9.84 Å². The zero-order chi connectivity index (χ0) is 11.1. The molecule has 0 atom stereocenters. The van der Waals surface area contributed by atoms with Gasteiger partial charge in [-0.1, -0.05) is 24.1 Å². The summed E-state index contributed by atoms with van der Waals surface area (Å²) in [5.74, 6) is 2.34. The molecule has 0 N–H and O–H groups in total. The number of nitrogens with zero attached hydrogens (tertiary/aromatic N) is 1. The molecule has 0 amide bonds. The third kappa shape index (κ3) is 4.30. The molecule has 0 aliphatic rings. The van der Waals surface area contributed by atoms with E-state index in [1.165, 1.54) is 0 Å². The highest BCUT2D eigenvalue weighted by molar-refractivity contribution is 7.96. The molecule has 0 fully saturated rings. The summed E-state index contributed by atoms with van der Waals surface area (Å²) in [6, 6.07) is 10.6. The van der Waals surface area contributed by atoms with Crippen LogP contribution in [0.15, 0.2) is 30.3 Å². The van der Waals surface area contributed by atoms with E-state index in [1.807, 2.05) is 6.07 Å². The standard InChI is InChI=1S/C11H9NO2S/c12-8-4-9-15(13,14)10-7-11-5-2-1-3-6-11/h1-3,5-6H,4,9H2. The number of hydrogen-bond acceptors (Lipinski definition) is 3. The summed E-state index contributed by atoms with van der Waals surface area (Å²) in [7, 11) is -3.43.